The summed E-state index contributed by atoms with van der Waals surface area (Å²) in [5, 5.41) is 0. The van der Waals surface area contributed by atoms with Gasteiger partial charge in [-0.1, -0.05) is 11.8 Å². The predicted molar refractivity (Wildman–Crippen MR) is 57.5 cm³/mol. The molecule has 0 N–H and O–H groups in total. The number of terminal acetylenes is 1. The molecule has 1 fully saturated rings. The molecule has 0 nitrogen and oxygen atoms in total. The Morgan fingerprint density at radius 3 is 2.90 bits per heavy atom. The SMILES string of the molecule is C#CC1CCSP(=S)(S)C1. The van der Waals surface area contributed by atoms with Gasteiger partial charge in [0, 0.05) is 17.8 Å². The molecule has 0 amide bonds. The maximum atomic E-state index is 5.30. The second-order valence-corrected chi connectivity index (χ2v) is 13.5. The van der Waals surface area contributed by atoms with Crippen LogP contribution in [0, 0.1) is 18.3 Å². The summed E-state index contributed by atoms with van der Waals surface area (Å²) in [5.74, 6) is 4.27. The van der Waals surface area contributed by atoms with Crippen LogP contribution in [0.4, 0.5) is 0 Å². The van der Waals surface area contributed by atoms with Crippen LogP contribution < -0.4 is 0 Å². The molecule has 0 saturated carbocycles. The van der Waals surface area contributed by atoms with E-state index in [2.05, 4.69) is 18.2 Å². The quantitative estimate of drug-likeness (QED) is 0.369. The fourth-order valence-electron chi connectivity index (χ4n) is 0.896. The third kappa shape index (κ3) is 2.51. The summed E-state index contributed by atoms with van der Waals surface area (Å²) in [4.78, 5) is 0. The molecular formula is C6H9PS3. The highest BCUT2D eigenvalue weighted by atomic mass is 33.2. The van der Waals surface area contributed by atoms with Gasteiger partial charge in [0.1, 0.15) is 0 Å². The number of thiol groups is 1. The van der Waals surface area contributed by atoms with Crippen LogP contribution in [0.15, 0.2) is 0 Å². The fourth-order valence-corrected chi connectivity index (χ4v) is 7.09. The van der Waals surface area contributed by atoms with Crippen molar-refractivity contribution in [2.24, 2.45) is 5.92 Å². The molecule has 56 valence electrons. The van der Waals surface area contributed by atoms with Crippen molar-refractivity contribution >= 4 is 39.9 Å². The summed E-state index contributed by atoms with van der Waals surface area (Å²) < 4.78 is -1.36. The minimum atomic E-state index is -1.36. The molecule has 4 heteroatoms. The van der Waals surface area contributed by atoms with Crippen molar-refractivity contribution in [3.05, 3.63) is 0 Å². The third-order valence-electron chi connectivity index (χ3n) is 1.45. The van der Waals surface area contributed by atoms with E-state index in [9.17, 15) is 0 Å². The molecule has 0 aromatic carbocycles. The fraction of sp³-hybridized carbons (Fsp3) is 0.667. The molecule has 1 aliphatic rings. The number of hydrogen-bond donors (Lipinski definition) is 1. The minimum absolute atomic E-state index is 0.407. The van der Waals surface area contributed by atoms with Gasteiger partial charge in [-0.3, -0.25) is 0 Å². The average Bonchev–Trinajstić information content (AvgIpc) is 1.86. The molecule has 2 unspecified atom stereocenters. The molecule has 1 aliphatic heterocycles. The molecule has 10 heavy (non-hydrogen) atoms. The maximum absolute atomic E-state index is 5.30. The van der Waals surface area contributed by atoms with Gasteiger partial charge in [0.2, 0.25) is 0 Å². The zero-order valence-corrected chi connectivity index (χ0v) is 8.91. The summed E-state index contributed by atoms with van der Waals surface area (Å²) in [6.07, 6.45) is 7.41. The van der Waals surface area contributed by atoms with E-state index in [-0.39, 0.29) is 0 Å². The highest BCUT2D eigenvalue weighted by Gasteiger charge is 2.23. The topological polar surface area (TPSA) is 0 Å². The van der Waals surface area contributed by atoms with Gasteiger partial charge in [-0.15, -0.1) is 36.0 Å². The normalized spacial score (nSPS) is 40.6. The maximum Gasteiger partial charge on any atom is 0.0555 e. The Balaban J connectivity index is 2.58. The highest BCUT2D eigenvalue weighted by molar-refractivity contribution is 8.96. The summed E-state index contributed by atoms with van der Waals surface area (Å²) in [6.45, 7) is 0. The second-order valence-electron chi connectivity index (χ2n) is 2.31. The molecule has 2 atom stereocenters. The lowest BCUT2D eigenvalue weighted by molar-refractivity contribution is 0.738. The Hall–Kier alpha value is 0.910. The predicted octanol–water partition coefficient (Wildman–Crippen LogP) is 2.61. The molecule has 1 heterocycles. The van der Waals surface area contributed by atoms with Gasteiger partial charge in [-0.2, -0.15) is 0 Å². The summed E-state index contributed by atoms with van der Waals surface area (Å²) >= 11 is 11.5. The van der Waals surface area contributed by atoms with Crippen LogP contribution in [0.1, 0.15) is 6.42 Å². The Bertz CT molecular complexity index is 206. The van der Waals surface area contributed by atoms with Crippen molar-refractivity contribution in [2.45, 2.75) is 6.42 Å². The van der Waals surface area contributed by atoms with Crippen molar-refractivity contribution in [2.75, 3.05) is 11.9 Å². The van der Waals surface area contributed by atoms with Gasteiger partial charge in [0.05, 0.1) is 4.44 Å². The van der Waals surface area contributed by atoms with Gasteiger partial charge >= 0.3 is 0 Å². The van der Waals surface area contributed by atoms with Crippen LogP contribution in [0.2, 0.25) is 0 Å². The molecular weight excluding hydrogens is 199 g/mol. The smallest absolute Gasteiger partial charge is 0.0555 e. The van der Waals surface area contributed by atoms with E-state index in [1.165, 1.54) is 0 Å². The highest BCUT2D eigenvalue weighted by Crippen LogP contribution is 2.66. The van der Waals surface area contributed by atoms with Gasteiger partial charge in [-0.25, -0.2) is 0 Å². The second kappa shape index (κ2) is 3.54. The van der Waals surface area contributed by atoms with E-state index in [0.29, 0.717) is 5.92 Å². The third-order valence-corrected chi connectivity index (χ3v) is 8.30. The van der Waals surface area contributed by atoms with E-state index in [1.54, 1.807) is 0 Å². The number of hydrogen-bond acceptors (Lipinski definition) is 2. The van der Waals surface area contributed by atoms with Crippen LogP contribution in [-0.2, 0) is 11.8 Å². The van der Waals surface area contributed by atoms with Gasteiger partial charge in [-0.05, 0) is 6.42 Å². The lowest BCUT2D eigenvalue weighted by atomic mass is 10.1. The molecule has 1 saturated heterocycles. The zero-order chi connectivity index (χ0) is 7.61. The summed E-state index contributed by atoms with van der Waals surface area (Å²) in [5.41, 5.74) is 0. The van der Waals surface area contributed by atoms with Gasteiger partial charge in [0.15, 0.2) is 0 Å². The Labute approximate surface area is 76.5 Å². The molecule has 0 aliphatic carbocycles. The first-order valence-corrected chi connectivity index (χ1v) is 8.79. The molecule has 0 spiro atoms. The first-order chi connectivity index (χ1) is 4.64. The van der Waals surface area contributed by atoms with E-state index < -0.39 is 4.44 Å². The first-order valence-electron chi connectivity index (χ1n) is 3.06. The van der Waals surface area contributed by atoms with Crippen molar-refractivity contribution in [3.8, 4) is 12.3 Å². The largest absolute Gasteiger partial charge is 0.131 e. The van der Waals surface area contributed by atoms with Crippen molar-refractivity contribution < 1.29 is 0 Å². The van der Waals surface area contributed by atoms with E-state index in [4.69, 9.17) is 18.2 Å². The van der Waals surface area contributed by atoms with Crippen LogP contribution >= 0.6 is 28.1 Å². The standard InChI is InChI=1S/C6H9PS3/c1-2-6-3-4-10-7(8,9)5-6/h1,6H,3-5H2,(H,8,9). The average molecular weight is 208 g/mol. The zero-order valence-electron chi connectivity index (χ0n) is 5.49. The van der Waals surface area contributed by atoms with Crippen LogP contribution in [0.3, 0.4) is 0 Å². The van der Waals surface area contributed by atoms with Gasteiger partial charge < -0.3 is 0 Å². The molecule has 1 rings (SSSR count). The Kier molecular flexibility index (Phi) is 3.19. The van der Waals surface area contributed by atoms with Crippen molar-refractivity contribution in [1.29, 1.82) is 0 Å². The van der Waals surface area contributed by atoms with Crippen LogP contribution in [0.5, 0.6) is 0 Å². The monoisotopic (exact) mass is 208 g/mol. The van der Waals surface area contributed by atoms with Crippen LogP contribution in [-0.4, -0.2) is 11.9 Å². The molecule has 0 aromatic heterocycles. The van der Waals surface area contributed by atoms with Crippen LogP contribution in [0.25, 0.3) is 0 Å². The van der Waals surface area contributed by atoms with E-state index in [0.717, 1.165) is 18.3 Å². The van der Waals surface area contributed by atoms with Crippen molar-refractivity contribution in [1.82, 2.24) is 0 Å². The molecule has 0 bridgehead atoms. The Morgan fingerprint density at radius 2 is 2.50 bits per heavy atom. The Morgan fingerprint density at radius 1 is 1.80 bits per heavy atom. The van der Waals surface area contributed by atoms with Crippen molar-refractivity contribution in [3.63, 3.8) is 0 Å². The van der Waals surface area contributed by atoms with Gasteiger partial charge in [0.25, 0.3) is 0 Å². The van der Waals surface area contributed by atoms with E-state index >= 15 is 0 Å². The first kappa shape index (κ1) is 9.00. The van der Waals surface area contributed by atoms with E-state index in [1.807, 2.05) is 11.4 Å². The lowest BCUT2D eigenvalue weighted by Gasteiger charge is -2.24. The minimum Gasteiger partial charge on any atom is -0.131 e. The summed E-state index contributed by atoms with van der Waals surface area (Å²) in [6, 6.07) is 0. The molecule has 0 radical (unpaired) electrons. The lowest BCUT2D eigenvalue weighted by Crippen LogP contribution is -2.07. The molecule has 0 aromatic rings. The number of rotatable bonds is 0. The summed E-state index contributed by atoms with van der Waals surface area (Å²) in [7, 11) is 0.